The predicted octanol–water partition coefficient (Wildman–Crippen LogP) is 10.3. The second kappa shape index (κ2) is 26.4. The summed E-state index contributed by atoms with van der Waals surface area (Å²) >= 11 is 0. The molecule has 2 aromatic rings. The Bertz CT molecular complexity index is 1210. The van der Waals surface area contributed by atoms with Crippen LogP contribution in [0.5, 0.6) is 11.5 Å². The maximum atomic E-state index is 6.49. The van der Waals surface area contributed by atoms with E-state index in [-0.39, 0.29) is 43.9 Å². The lowest BCUT2D eigenvalue weighted by molar-refractivity contribution is -0.0132. The molecule has 2 rings (SSSR count). The van der Waals surface area contributed by atoms with E-state index in [2.05, 4.69) is 92.8 Å². The summed E-state index contributed by atoms with van der Waals surface area (Å²) in [5.41, 5.74) is 1.62. The molecule has 0 saturated heterocycles. The molecule has 0 fully saturated rings. The molecule has 0 bridgehead atoms. The summed E-state index contributed by atoms with van der Waals surface area (Å²) in [6.45, 7) is 29.0. The Morgan fingerprint density at radius 1 is 0.473 bits per heavy atom. The maximum Gasteiger partial charge on any atom is 0.788 e. The van der Waals surface area contributed by atoms with Crippen molar-refractivity contribution in [2.45, 2.75) is 125 Å². The first-order valence-electron chi connectivity index (χ1n) is 20.3. The van der Waals surface area contributed by atoms with Gasteiger partial charge in [-0.3, -0.25) is 0 Å². The molecule has 0 aliphatic heterocycles. The van der Waals surface area contributed by atoms with Gasteiger partial charge in [0.15, 0.2) is 0 Å². The Morgan fingerprint density at radius 2 is 0.836 bits per heavy atom. The Hall–Kier alpha value is -2.57. The van der Waals surface area contributed by atoms with Crippen molar-refractivity contribution in [3.05, 3.63) is 85.0 Å². The van der Waals surface area contributed by atoms with Crippen LogP contribution < -0.4 is 9.31 Å². The highest BCUT2D eigenvalue weighted by molar-refractivity contribution is 6.38. The Labute approximate surface area is 335 Å². The van der Waals surface area contributed by atoms with Crippen molar-refractivity contribution in [2.24, 2.45) is 5.41 Å². The molecule has 0 N–H and O–H groups in total. The van der Waals surface area contributed by atoms with E-state index in [0.717, 1.165) is 51.4 Å². The third kappa shape index (κ3) is 21.0. The summed E-state index contributed by atoms with van der Waals surface area (Å²) in [6.07, 6.45) is 12.0. The molecule has 0 amide bonds. The van der Waals surface area contributed by atoms with Crippen molar-refractivity contribution in [1.29, 1.82) is 0 Å². The summed E-state index contributed by atoms with van der Waals surface area (Å²) in [4.78, 5) is 0. The van der Waals surface area contributed by atoms with E-state index < -0.39 is 27.4 Å². The monoisotopic (exact) mass is 765 g/mol. The number of rotatable bonds is 31. The van der Waals surface area contributed by atoms with Gasteiger partial charge in [-0.15, -0.1) is 13.2 Å². The van der Waals surface area contributed by atoms with Crippen LogP contribution in [-0.4, -0.2) is 68.2 Å². The van der Waals surface area contributed by atoms with Gasteiger partial charge in [-0.25, -0.2) is 0 Å². The molecule has 0 spiro atoms. The average Bonchev–Trinajstić information content (AvgIpc) is 3.15. The summed E-state index contributed by atoms with van der Waals surface area (Å²) in [5.74, 6) is 1.23. The molecule has 1 atom stereocenters. The van der Waals surface area contributed by atoms with Gasteiger partial charge in [0, 0.05) is 38.4 Å². The molecule has 0 aromatic heterocycles. The lowest BCUT2D eigenvalue weighted by Crippen LogP contribution is -2.44. The van der Waals surface area contributed by atoms with Crippen LogP contribution in [0.15, 0.2) is 73.8 Å². The van der Waals surface area contributed by atoms with Crippen molar-refractivity contribution in [3.63, 3.8) is 0 Å². The second-order valence-electron chi connectivity index (χ2n) is 16.5. The quantitative estimate of drug-likeness (QED) is 0.0423. The highest BCUT2D eigenvalue weighted by Crippen LogP contribution is 2.28. The lowest BCUT2D eigenvalue weighted by atomic mass is 9.87. The molecule has 0 heterocycles. The van der Waals surface area contributed by atoms with Crippen molar-refractivity contribution >= 4 is 22.0 Å². The minimum atomic E-state index is -1.09. The first-order valence-corrected chi connectivity index (χ1v) is 20.3. The maximum absolute atomic E-state index is 6.49. The average molecular weight is 764 g/mol. The fraction of sp³-hybridized carbons (Fsp3) is 0.628. The van der Waals surface area contributed by atoms with Crippen molar-refractivity contribution < 1.29 is 41.9 Å². The molecular formula is C43H71B3O9. The van der Waals surface area contributed by atoms with Gasteiger partial charge in [-0.1, -0.05) is 137 Å². The van der Waals surface area contributed by atoms with Crippen molar-refractivity contribution in [1.82, 2.24) is 0 Å². The van der Waals surface area contributed by atoms with Gasteiger partial charge in [0.2, 0.25) is 0 Å². The fourth-order valence-electron chi connectivity index (χ4n) is 5.31. The molecule has 0 radical (unpaired) electrons. The Balaban J connectivity index is 2.34. The SMILES string of the molecule is C=CCOB(OCC=C)OCC(C)(COB(OCCCCCC)OCCCCCC)COB(Oc1ccc(C(C)(C)C)cc1)Oc1ccc(C(C)(C)C)cc1. The second-order valence-corrected chi connectivity index (χ2v) is 16.5. The third-order valence-corrected chi connectivity index (χ3v) is 8.81. The smallest absolute Gasteiger partial charge is 0.501 e. The van der Waals surface area contributed by atoms with Gasteiger partial charge in [0.25, 0.3) is 0 Å². The van der Waals surface area contributed by atoms with Gasteiger partial charge in [-0.05, 0) is 59.1 Å². The van der Waals surface area contributed by atoms with E-state index in [4.69, 9.17) is 41.9 Å². The molecule has 55 heavy (non-hydrogen) atoms. The summed E-state index contributed by atoms with van der Waals surface area (Å²) in [7, 11) is -2.88. The molecule has 9 nitrogen and oxygen atoms in total. The van der Waals surface area contributed by atoms with E-state index in [1.54, 1.807) is 12.2 Å². The highest BCUT2D eigenvalue weighted by atomic mass is 16.8. The molecule has 2 aromatic carbocycles. The Kier molecular flexibility index (Phi) is 23.3. The van der Waals surface area contributed by atoms with Gasteiger partial charge < -0.3 is 41.9 Å². The van der Waals surface area contributed by atoms with Gasteiger partial charge in [-0.2, -0.15) is 0 Å². The van der Waals surface area contributed by atoms with E-state index in [1.165, 1.54) is 11.1 Å². The van der Waals surface area contributed by atoms with Crippen LogP contribution in [0.3, 0.4) is 0 Å². The standard InChI is InChI=1S/C43H71B3O9/c1-12-16-18-20-32-49-45(50-33-21-19-17-13-2)52-35-43(11,34-51-44(47-30-14-3)48-31-15-4)36-53-46(54-39-26-22-37(23-27-39)41(5,6)7)55-40-28-24-38(25-29-40)42(8,9)10/h14-15,22-29H,3-4,12-13,16-21,30-36H2,1-2,5-11H3. The zero-order valence-electron chi connectivity index (χ0n) is 35.7. The number of unbranched alkanes of at least 4 members (excludes halogenated alkanes) is 6. The normalized spacial score (nSPS) is 12.9. The topological polar surface area (TPSA) is 83.1 Å². The molecule has 12 heteroatoms. The van der Waals surface area contributed by atoms with Gasteiger partial charge in [0.05, 0.1) is 13.2 Å². The first-order chi connectivity index (χ1) is 26.2. The van der Waals surface area contributed by atoms with E-state index in [9.17, 15) is 0 Å². The highest BCUT2D eigenvalue weighted by Gasteiger charge is 2.37. The molecular weight excluding hydrogens is 693 g/mol. The zero-order valence-corrected chi connectivity index (χ0v) is 35.7. The number of benzene rings is 2. The van der Waals surface area contributed by atoms with Crippen LogP contribution in [-0.2, 0) is 43.4 Å². The van der Waals surface area contributed by atoms with E-state index in [1.807, 2.05) is 31.2 Å². The molecule has 0 aliphatic carbocycles. The van der Waals surface area contributed by atoms with Crippen LogP contribution in [0.4, 0.5) is 0 Å². The minimum absolute atomic E-state index is 0.000475. The summed E-state index contributed by atoms with van der Waals surface area (Å²) in [5, 5.41) is 0. The van der Waals surface area contributed by atoms with Crippen LogP contribution in [0, 0.1) is 5.41 Å². The van der Waals surface area contributed by atoms with Gasteiger partial charge in [0.1, 0.15) is 11.5 Å². The van der Waals surface area contributed by atoms with Crippen LogP contribution in [0.2, 0.25) is 0 Å². The molecule has 0 aliphatic rings. The van der Waals surface area contributed by atoms with Crippen LogP contribution >= 0.6 is 0 Å². The molecule has 1 unspecified atom stereocenters. The Morgan fingerprint density at radius 3 is 1.18 bits per heavy atom. The minimum Gasteiger partial charge on any atom is -0.501 e. The third-order valence-electron chi connectivity index (χ3n) is 8.81. The van der Waals surface area contributed by atoms with E-state index >= 15 is 0 Å². The van der Waals surface area contributed by atoms with Crippen LogP contribution in [0.1, 0.15) is 125 Å². The fourth-order valence-corrected chi connectivity index (χ4v) is 5.31. The summed E-state index contributed by atoms with van der Waals surface area (Å²) in [6, 6.07) is 16.0. The summed E-state index contributed by atoms with van der Waals surface area (Å²) < 4.78 is 55.5. The largest absolute Gasteiger partial charge is 0.788 e. The van der Waals surface area contributed by atoms with Crippen molar-refractivity contribution in [3.8, 4) is 11.5 Å². The first kappa shape index (κ1) is 48.6. The number of hydrogen-bond acceptors (Lipinski definition) is 9. The van der Waals surface area contributed by atoms with E-state index in [0.29, 0.717) is 24.7 Å². The predicted molar refractivity (Wildman–Crippen MR) is 227 cm³/mol. The molecule has 306 valence electrons. The van der Waals surface area contributed by atoms with Crippen molar-refractivity contribution in [2.75, 3.05) is 46.2 Å². The zero-order chi connectivity index (χ0) is 40.6. The van der Waals surface area contributed by atoms with Crippen LogP contribution in [0.25, 0.3) is 0 Å². The van der Waals surface area contributed by atoms with Gasteiger partial charge >= 0.3 is 22.0 Å². The lowest BCUT2D eigenvalue weighted by Gasteiger charge is -2.32. The molecule has 0 saturated carbocycles. The number of hydrogen-bond donors (Lipinski definition) is 0.